The highest BCUT2D eigenvalue weighted by Gasteiger charge is 2.48. The van der Waals surface area contributed by atoms with E-state index in [1.54, 1.807) is 17.3 Å². The molecule has 0 unspecified atom stereocenters. The number of rotatable bonds is 4. The second-order valence-corrected chi connectivity index (χ2v) is 7.75. The van der Waals surface area contributed by atoms with Crippen LogP contribution in [0.15, 0.2) is 24.5 Å². The van der Waals surface area contributed by atoms with Crippen molar-refractivity contribution in [3.05, 3.63) is 35.8 Å². The number of carboxylic acid groups (broad SMARTS) is 1. The molecular weight excluding hydrogens is 360 g/mol. The average Bonchev–Trinajstić information content (AvgIpc) is 3.41. The van der Waals surface area contributed by atoms with Crippen molar-refractivity contribution in [2.75, 3.05) is 13.2 Å². The van der Waals surface area contributed by atoms with Crippen molar-refractivity contribution in [3.63, 3.8) is 0 Å². The SMILES string of the molecule is O=C1NCCc2[nH]c(-c3ccncc3OC[C@H]3[C@@H]4CC[C@@H](C4)N3C(=O)O)cc21. The zero-order chi connectivity index (χ0) is 19.3. The fourth-order valence-corrected chi connectivity index (χ4v) is 4.94. The topological polar surface area (TPSA) is 108 Å². The lowest BCUT2D eigenvalue weighted by atomic mass is 10.00. The van der Waals surface area contributed by atoms with Gasteiger partial charge in [-0.2, -0.15) is 0 Å². The smallest absolute Gasteiger partial charge is 0.407 e. The number of hydrogen-bond donors (Lipinski definition) is 3. The third-order valence-electron chi connectivity index (χ3n) is 6.25. The van der Waals surface area contributed by atoms with Crippen molar-refractivity contribution in [1.29, 1.82) is 0 Å². The van der Waals surface area contributed by atoms with Crippen LogP contribution in [0.25, 0.3) is 11.3 Å². The van der Waals surface area contributed by atoms with Gasteiger partial charge in [0.2, 0.25) is 0 Å². The summed E-state index contributed by atoms with van der Waals surface area (Å²) in [5.41, 5.74) is 3.21. The highest BCUT2D eigenvalue weighted by atomic mass is 16.5. The number of likely N-dealkylation sites (tertiary alicyclic amines) is 1. The van der Waals surface area contributed by atoms with E-state index >= 15 is 0 Å². The van der Waals surface area contributed by atoms with Gasteiger partial charge in [-0.1, -0.05) is 0 Å². The van der Waals surface area contributed by atoms with Crippen LogP contribution >= 0.6 is 0 Å². The zero-order valence-electron chi connectivity index (χ0n) is 15.4. The number of H-pyrrole nitrogens is 1. The summed E-state index contributed by atoms with van der Waals surface area (Å²) in [5, 5.41) is 12.4. The molecule has 2 aromatic heterocycles. The Morgan fingerprint density at radius 1 is 1.36 bits per heavy atom. The van der Waals surface area contributed by atoms with Gasteiger partial charge in [0, 0.05) is 36.5 Å². The minimum absolute atomic E-state index is 0.0700. The first-order valence-corrected chi connectivity index (χ1v) is 9.70. The first-order chi connectivity index (χ1) is 13.6. The van der Waals surface area contributed by atoms with E-state index < -0.39 is 6.09 Å². The molecule has 1 saturated heterocycles. The number of nitrogens with zero attached hydrogens (tertiary/aromatic N) is 2. The predicted molar refractivity (Wildman–Crippen MR) is 100 cm³/mol. The van der Waals surface area contributed by atoms with E-state index in [1.807, 2.05) is 12.1 Å². The molecule has 2 aromatic rings. The Morgan fingerprint density at radius 2 is 2.25 bits per heavy atom. The molecule has 5 rings (SSSR count). The molecule has 3 N–H and O–H groups in total. The number of carbonyl (C=O) groups excluding carboxylic acids is 1. The van der Waals surface area contributed by atoms with Crippen LogP contribution in [-0.4, -0.2) is 57.2 Å². The number of hydrogen-bond acceptors (Lipinski definition) is 4. The van der Waals surface area contributed by atoms with Gasteiger partial charge in [0.1, 0.15) is 12.4 Å². The van der Waals surface area contributed by atoms with Crippen LogP contribution in [0.1, 0.15) is 35.3 Å². The van der Waals surface area contributed by atoms with Gasteiger partial charge in [-0.15, -0.1) is 0 Å². The molecule has 0 spiro atoms. The largest absolute Gasteiger partial charge is 0.489 e. The van der Waals surface area contributed by atoms with Crippen molar-refractivity contribution in [2.24, 2.45) is 5.92 Å². The van der Waals surface area contributed by atoms with E-state index in [9.17, 15) is 14.7 Å². The Bertz CT molecular complexity index is 940. The second kappa shape index (κ2) is 6.54. The van der Waals surface area contributed by atoms with Crippen molar-refractivity contribution in [3.8, 4) is 17.0 Å². The number of aromatic nitrogens is 2. The Hall–Kier alpha value is -3.03. The second-order valence-electron chi connectivity index (χ2n) is 7.75. The molecule has 2 fully saturated rings. The predicted octanol–water partition coefficient (Wildman–Crippen LogP) is 2.27. The average molecular weight is 382 g/mol. The number of ether oxygens (including phenoxy) is 1. The number of nitrogens with one attached hydrogen (secondary N) is 2. The van der Waals surface area contributed by atoms with E-state index in [-0.39, 0.29) is 18.0 Å². The first kappa shape index (κ1) is 17.1. The minimum atomic E-state index is -0.865. The highest BCUT2D eigenvalue weighted by Crippen LogP contribution is 2.43. The van der Waals surface area contributed by atoms with Gasteiger partial charge in [-0.25, -0.2) is 4.79 Å². The lowest BCUT2D eigenvalue weighted by Crippen LogP contribution is -2.47. The van der Waals surface area contributed by atoms with Gasteiger partial charge in [0.25, 0.3) is 5.91 Å². The van der Waals surface area contributed by atoms with Gasteiger partial charge in [0.05, 0.1) is 23.5 Å². The van der Waals surface area contributed by atoms with E-state index in [2.05, 4.69) is 15.3 Å². The summed E-state index contributed by atoms with van der Waals surface area (Å²) in [4.78, 5) is 32.8. The summed E-state index contributed by atoms with van der Waals surface area (Å²) in [7, 11) is 0. The van der Waals surface area contributed by atoms with E-state index in [0.29, 0.717) is 30.4 Å². The van der Waals surface area contributed by atoms with E-state index in [1.165, 1.54) is 0 Å². The van der Waals surface area contributed by atoms with Crippen LogP contribution in [0.4, 0.5) is 4.79 Å². The number of piperidine rings is 1. The summed E-state index contributed by atoms with van der Waals surface area (Å²) in [6.45, 7) is 0.938. The maximum Gasteiger partial charge on any atom is 0.407 e. The molecule has 3 aliphatic rings. The number of aromatic amines is 1. The Kier molecular flexibility index (Phi) is 3.99. The third kappa shape index (κ3) is 2.71. The Morgan fingerprint density at radius 3 is 3.07 bits per heavy atom. The molecule has 4 heterocycles. The molecule has 0 radical (unpaired) electrons. The highest BCUT2D eigenvalue weighted by molar-refractivity contribution is 5.98. The van der Waals surface area contributed by atoms with Crippen molar-refractivity contribution < 1.29 is 19.4 Å². The maximum atomic E-state index is 12.1. The lowest BCUT2D eigenvalue weighted by Gasteiger charge is -2.32. The van der Waals surface area contributed by atoms with Crippen LogP contribution in [0.2, 0.25) is 0 Å². The molecule has 8 heteroatoms. The monoisotopic (exact) mass is 382 g/mol. The van der Waals surface area contributed by atoms with Crippen molar-refractivity contribution >= 4 is 12.0 Å². The number of amides is 2. The van der Waals surface area contributed by atoms with Gasteiger partial charge < -0.3 is 20.1 Å². The van der Waals surface area contributed by atoms with E-state index in [4.69, 9.17) is 4.74 Å². The van der Waals surface area contributed by atoms with Crippen molar-refractivity contribution in [2.45, 2.75) is 37.8 Å². The Labute approximate surface area is 161 Å². The summed E-state index contributed by atoms with van der Waals surface area (Å²) in [6.07, 6.45) is 6.16. The molecule has 1 aliphatic carbocycles. The number of carbonyl (C=O) groups is 2. The molecule has 2 bridgehead atoms. The number of pyridine rings is 1. The fraction of sp³-hybridized carbons (Fsp3) is 0.450. The Balaban J connectivity index is 1.39. The summed E-state index contributed by atoms with van der Waals surface area (Å²) in [5.74, 6) is 0.886. The van der Waals surface area contributed by atoms with Crippen LogP contribution in [-0.2, 0) is 6.42 Å². The zero-order valence-corrected chi connectivity index (χ0v) is 15.4. The molecule has 8 nitrogen and oxygen atoms in total. The summed E-state index contributed by atoms with van der Waals surface area (Å²) in [6, 6.07) is 3.69. The lowest BCUT2D eigenvalue weighted by molar-refractivity contribution is 0.0795. The van der Waals surface area contributed by atoms with E-state index in [0.717, 1.165) is 42.6 Å². The van der Waals surface area contributed by atoms with Gasteiger partial charge in [-0.05, 0) is 37.3 Å². The van der Waals surface area contributed by atoms with Crippen LogP contribution in [0.5, 0.6) is 5.75 Å². The van der Waals surface area contributed by atoms with Crippen LogP contribution in [0.3, 0.4) is 0 Å². The van der Waals surface area contributed by atoms with Crippen molar-refractivity contribution in [1.82, 2.24) is 20.2 Å². The van der Waals surface area contributed by atoms with Crippen LogP contribution < -0.4 is 10.1 Å². The molecule has 2 amide bonds. The number of fused-ring (bicyclic) bond motifs is 3. The molecule has 2 aliphatic heterocycles. The maximum absolute atomic E-state index is 12.1. The summed E-state index contributed by atoms with van der Waals surface area (Å²) >= 11 is 0. The quantitative estimate of drug-likeness (QED) is 0.752. The molecule has 0 aromatic carbocycles. The normalized spacial score (nSPS) is 25.5. The van der Waals surface area contributed by atoms with Gasteiger partial charge in [-0.3, -0.25) is 14.7 Å². The molecule has 3 atom stereocenters. The molecular formula is C20H22N4O4. The van der Waals surface area contributed by atoms with Gasteiger partial charge >= 0.3 is 6.09 Å². The van der Waals surface area contributed by atoms with Gasteiger partial charge in [0.15, 0.2) is 0 Å². The molecule has 28 heavy (non-hydrogen) atoms. The van der Waals surface area contributed by atoms with Crippen LogP contribution in [0, 0.1) is 5.92 Å². The standard InChI is InChI=1S/C20H22N4O4/c25-19-14-8-16(23-15(14)4-6-22-19)13-3-5-21-9-18(13)28-10-17-11-1-2-12(7-11)24(17)20(26)27/h3,5,8-9,11-12,17,23H,1-2,4,6-7,10H2,(H,22,25)(H,26,27)/t11-,12+,17+/m1/s1. The minimum Gasteiger partial charge on any atom is -0.489 e. The first-order valence-electron chi connectivity index (χ1n) is 9.70. The molecule has 1 saturated carbocycles. The fourth-order valence-electron chi connectivity index (χ4n) is 4.94. The summed E-state index contributed by atoms with van der Waals surface area (Å²) < 4.78 is 6.08. The molecule has 146 valence electrons. The third-order valence-corrected chi connectivity index (χ3v) is 6.25.